The molecule has 25 heavy (non-hydrogen) atoms. The molecular formula is C16H26N6O2S. The highest BCUT2D eigenvalue weighted by atomic mass is 32.1. The van der Waals surface area contributed by atoms with Crippen LogP contribution < -0.4 is 10.6 Å². The number of rotatable bonds is 2. The molecule has 2 N–H and O–H groups in total. The van der Waals surface area contributed by atoms with Crippen LogP contribution in [0.2, 0.25) is 0 Å². The molecule has 0 spiro atoms. The molecule has 3 rings (SSSR count). The van der Waals surface area contributed by atoms with E-state index in [-0.39, 0.29) is 12.1 Å². The molecule has 3 heterocycles. The van der Waals surface area contributed by atoms with Crippen molar-refractivity contribution in [3.8, 4) is 0 Å². The Bertz CT molecular complexity index is 613. The fraction of sp³-hybridized carbons (Fsp3) is 0.688. The van der Waals surface area contributed by atoms with Gasteiger partial charge in [0.2, 0.25) is 0 Å². The number of ether oxygens (including phenoxy) is 1. The maximum Gasteiger partial charge on any atom is 0.410 e. The summed E-state index contributed by atoms with van der Waals surface area (Å²) < 4.78 is 5.34. The van der Waals surface area contributed by atoms with E-state index < -0.39 is 5.60 Å². The number of amides is 1. The zero-order valence-electron chi connectivity index (χ0n) is 15.0. The molecule has 9 heteroatoms. The molecular weight excluding hydrogens is 340 g/mol. The molecule has 0 saturated carbocycles. The zero-order valence-corrected chi connectivity index (χ0v) is 15.8. The van der Waals surface area contributed by atoms with E-state index in [1.807, 2.05) is 32.3 Å². The van der Waals surface area contributed by atoms with Crippen LogP contribution in [-0.2, 0) is 4.74 Å². The smallest absolute Gasteiger partial charge is 0.410 e. The molecule has 0 radical (unpaired) electrons. The van der Waals surface area contributed by atoms with Crippen LogP contribution in [0.3, 0.4) is 0 Å². The average molecular weight is 366 g/mol. The van der Waals surface area contributed by atoms with Crippen LogP contribution in [0, 0.1) is 0 Å². The molecule has 0 bridgehead atoms. The van der Waals surface area contributed by atoms with Crippen molar-refractivity contribution in [3.63, 3.8) is 0 Å². The standard InChI is InChI=1S/C16H26N6O2S/c1-16(2,3)24-15(23)22-10-12(11-22)19-13(17)20-5-7-21(8-6-20)14-18-4-9-25-14/h4,9,12H,5-8,10-11H2,1-3H3,(H2,17,19). The van der Waals surface area contributed by atoms with Crippen LogP contribution in [0.1, 0.15) is 20.8 Å². The molecule has 0 aliphatic carbocycles. The maximum absolute atomic E-state index is 11.9. The maximum atomic E-state index is 11.9. The first-order valence-electron chi connectivity index (χ1n) is 8.52. The summed E-state index contributed by atoms with van der Waals surface area (Å²) in [6.45, 7) is 10.2. The van der Waals surface area contributed by atoms with Crippen LogP contribution in [-0.4, -0.2) is 77.7 Å². The van der Waals surface area contributed by atoms with E-state index >= 15 is 0 Å². The first-order valence-corrected chi connectivity index (χ1v) is 9.40. The van der Waals surface area contributed by atoms with Gasteiger partial charge in [0, 0.05) is 50.8 Å². The molecule has 1 aromatic heterocycles. The highest BCUT2D eigenvalue weighted by Crippen LogP contribution is 2.20. The van der Waals surface area contributed by atoms with Crippen molar-refractivity contribution in [2.75, 3.05) is 44.2 Å². The van der Waals surface area contributed by atoms with Crippen molar-refractivity contribution in [2.24, 2.45) is 10.7 Å². The monoisotopic (exact) mass is 366 g/mol. The second-order valence-electron chi connectivity index (χ2n) is 7.32. The van der Waals surface area contributed by atoms with Crippen LogP contribution >= 0.6 is 11.3 Å². The van der Waals surface area contributed by atoms with Gasteiger partial charge in [0.25, 0.3) is 0 Å². The van der Waals surface area contributed by atoms with Crippen LogP contribution in [0.5, 0.6) is 0 Å². The molecule has 1 aromatic rings. The highest BCUT2D eigenvalue weighted by Gasteiger charge is 2.34. The summed E-state index contributed by atoms with van der Waals surface area (Å²) in [5, 5.41) is 3.05. The minimum Gasteiger partial charge on any atom is -0.444 e. The number of thiazole rings is 1. The third-order valence-corrected chi connectivity index (χ3v) is 4.95. The number of aliphatic imine (C=N–C) groups is 1. The number of likely N-dealkylation sites (tertiary alicyclic amines) is 1. The number of nitrogens with zero attached hydrogens (tertiary/aromatic N) is 5. The van der Waals surface area contributed by atoms with Gasteiger partial charge >= 0.3 is 6.09 Å². The number of nitrogens with two attached hydrogens (primary N) is 1. The Morgan fingerprint density at radius 3 is 2.52 bits per heavy atom. The number of anilines is 1. The van der Waals surface area contributed by atoms with Crippen molar-refractivity contribution in [1.82, 2.24) is 14.8 Å². The number of guanidine groups is 1. The molecule has 8 nitrogen and oxygen atoms in total. The Kier molecular flexibility index (Phi) is 5.03. The Hall–Kier alpha value is -2.03. The van der Waals surface area contributed by atoms with E-state index in [2.05, 4.69) is 19.8 Å². The average Bonchev–Trinajstić information content (AvgIpc) is 3.02. The van der Waals surface area contributed by atoms with Crippen LogP contribution in [0.25, 0.3) is 0 Å². The predicted molar refractivity (Wildman–Crippen MR) is 99.1 cm³/mol. The van der Waals surface area contributed by atoms with Crippen LogP contribution in [0.4, 0.5) is 9.93 Å². The molecule has 0 atom stereocenters. The van der Waals surface area contributed by atoms with E-state index in [9.17, 15) is 4.79 Å². The fourth-order valence-electron chi connectivity index (χ4n) is 2.78. The van der Waals surface area contributed by atoms with Crippen molar-refractivity contribution in [3.05, 3.63) is 11.6 Å². The molecule has 2 aliphatic heterocycles. The SMILES string of the molecule is CC(C)(C)OC(=O)N1CC(N=C(N)N2CCN(c3nccs3)CC2)C1. The van der Waals surface area contributed by atoms with Gasteiger partial charge in [-0.25, -0.2) is 14.8 Å². The number of carbonyl (C=O) groups is 1. The van der Waals surface area contributed by atoms with Gasteiger partial charge in [0.05, 0.1) is 6.04 Å². The summed E-state index contributed by atoms with van der Waals surface area (Å²) in [5.74, 6) is 0.563. The number of aromatic nitrogens is 1. The van der Waals surface area contributed by atoms with Gasteiger partial charge in [-0.2, -0.15) is 0 Å². The first kappa shape index (κ1) is 17.8. The van der Waals surface area contributed by atoms with Gasteiger partial charge < -0.3 is 25.2 Å². The van der Waals surface area contributed by atoms with Gasteiger partial charge in [0.1, 0.15) is 5.60 Å². The third kappa shape index (κ3) is 4.53. The van der Waals surface area contributed by atoms with Crippen molar-refractivity contribution < 1.29 is 9.53 Å². The molecule has 2 saturated heterocycles. The van der Waals surface area contributed by atoms with Gasteiger partial charge in [-0.1, -0.05) is 0 Å². The number of hydrogen-bond acceptors (Lipinski definition) is 6. The fourth-order valence-corrected chi connectivity index (χ4v) is 3.48. The Morgan fingerprint density at radius 1 is 1.28 bits per heavy atom. The molecule has 0 unspecified atom stereocenters. The van der Waals surface area contributed by atoms with Crippen molar-refractivity contribution in [2.45, 2.75) is 32.4 Å². The number of piperazine rings is 1. The normalized spacial score (nSPS) is 19.8. The lowest BCUT2D eigenvalue weighted by Crippen LogP contribution is -2.56. The second-order valence-corrected chi connectivity index (χ2v) is 8.19. The van der Waals surface area contributed by atoms with E-state index in [0.717, 1.165) is 31.3 Å². The summed E-state index contributed by atoms with van der Waals surface area (Å²) in [5.41, 5.74) is 5.69. The number of hydrogen-bond donors (Lipinski definition) is 1. The lowest BCUT2D eigenvalue weighted by Gasteiger charge is -2.39. The lowest BCUT2D eigenvalue weighted by molar-refractivity contribution is 0.00894. The summed E-state index contributed by atoms with van der Waals surface area (Å²) in [6, 6.07) is 0.0597. The lowest BCUT2D eigenvalue weighted by atomic mass is 10.1. The van der Waals surface area contributed by atoms with Gasteiger partial charge in [-0.05, 0) is 20.8 Å². The highest BCUT2D eigenvalue weighted by molar-refractivity contribution is 7.13. The van der Waals surface area contributed by atoms with Crippen molar-refractivity contribution >= 4 is 28.5 Å². The zero-order chi connectivity index (χ0) is 18.0. The first-order chi connectivity index (χ1) is 11.8. The summed E-state index contributed by atoms with van der Waals surface area (Å²) in [6.07, 6.45) is 1.55. The predicted octanol–water partition coefficient (Wildman–Crippen LogP) is 1.20. The molecule has 0 aromatic carbocycles. The van der Waals surface area contributed by atoms with E-state index in [4.69, 9.17) is 10.5 Å². The van der Waals surface area contributed by atoms with Crippen LogP contribution in [0.15, 0.2) is 16.6 Å². The van der Waals surface area contributed by atoms with E-state index in [0.29, 0.717) is 19.0 Å². The molecule has 2 fully saturated rings. The summed E-state index contributed by atoms with van der Waals surface area (Å²) >= 11 is 1.65. The Balaban J connectivity index is 1.44. The molecule has 2 aliphatic rings. The van der Waals surface area contributed by atoms with Gasteiger partial charge in [-0.3, -0.25) is 0 Å². The molecule has 1 amide bonds. The summed E-state index contributed by atoms with van der Waals surface area (Å²) in [7, 11) is 0. The number of carbonyl (C=O) groups excluding carboxylic acids is 1. The quantitative estimate of drug-likeness (QED) is 0.625. The van der Waals surface area contributed by atoms with Gasteiger partial charge in [-0.15, -0.1) is 11.3 Å². The minimum absolute atomic E-state index is 0.0597. The molecule has 138 valence electrons. The summed E-state index contributed by atoms with van der Waals surface area (Å²) in [4.78, 5) is 26.9. The Labute approximate surface area is 152 Å². The van der Waals surface area contributed by atoms with E-state index in [1.54, 1.807) is 16.2 Å². The largest absolute Gasteiger partial charge is 0.444 e. The third-order valence-electron chi connectivity index (χ3n) is 4.12. The van der Waals surface area contributed by atoms with Crippen molar-refractivity contribution in [1.29, 1.82) is 0 Å². The van der Waals surface area contributed by atoms with E-state index in [1.165, 1.54) is 0 Å². The topological polar surface area (TPSA) is 87.3 Å². The second kappa shape index (κ2) is 7.07. The van der Waals surface area contributed by atoms with Gasteiger partial charge in [0.15, 0.2) is 11.1 Å². The Morgan fingerprint density at radius 2 is 1.96 bits per heavy atom. The minimum atomic E-state index is -0.471.